The van der Waals surface area contributed by atoms with Gasteiger partial charge in [-0.3, -0.25) is 4.79 Å². The van der Waals surface area contributed by atoms with Crippen LogP contribution in [0.25, 0.3) is 0 Å². The number of carbonyl (C=O) groups is 1. The van der Waals surface area contributed by atoms with Crippen molar-refractivity contribution in [2.75, 3.05) is 24.5 Å². The van der Waals surface area contributed by atoms with Crippen molar-refractivity contribution in [2.45, 2.75) is 38.2 Å². The van der Waals surface area contributed by atoms with Crippen LogP contribution in [0.4, 0.5) is 5.69 Å². The average molecular weight is 337 g/mol. The van der Waals surface area contributed by atoms with Crippen molar-refractivity contribution in [3.63, 3.8) is 0 Å². The smallest absolute Gasteiger partial charge is 0.223 e. The van der Waals surface area contributed by atoms with Crippen molar-refractivity contribution in [3.8, 4) is 0 Å². The Morgan fingerprint density at radius 3 is 2.78 bits per heavy atom. The van der Waals surface area contributed by atoms with Gasteiger partial charge in [-0.25, -0.2) is 0 Å². The molecule has 3 rings (SSSR count). The third-order valence-electron chi connectivity index (χ3n) is 5.09. The van der Waals surface area contributed by atoms with Crippen molar-refractivity contribution in [1.82, 2.24) is 5.32 Å². The first kappa shape index (κ1) is 16.6. The molecule has 0 bridgehead atoms. The molecule has 1 aliphatic heterocycles. The lowest BCUT2D eigenvalue weighted by Gasteiger charge is -2.25. The predicted octanol–water partition coefficient (Wildman–Crippen LogP) is 2.83. The van der Waals surface area contributed by atoms with E-state index in [-0.39, 0.29) is 17.9 Å². The zero-order valence-corrected chi connectivity index (χ0v) is 14.1. The Balaban J connectivity index is 1.44. The second-order valence-electron chi connectivity index (χ2n) is 6.83. The van der Waals surface area contributed by atoms with Crippen LogP contribution in [0.1, 0.15) is 32.1 Å². The number of benzene rings is 1. The van der Waals surface area contributed by atoms with Gasteiger partial charge in [-0.2, -0.15) is 0 Å². The summed E-state index contributed by atoms with van der Waals surface area (Å²) in [4.78, 5) is 14.6. The van der Waals surface area contributed by atoms with Crippen molar-refractivity contribution >= 4 is 23.2 Å². The van der Waals surface area contributed by atoms with Gasteiger partial charge in [-0.05, 0) is 56.2 Å². The second-order valence-corrected chi connectivity index (χ2v) is 7.27. The average Bonchev–Trinajstić information content (AvgIpc) is 3.02. The SMILES string of the molecule is O=C(NC[C@H]1CCN(c2cccc(Cl)c2)C1)C1CCC(O)CC1. The van der Waals surface area contributed by atoms with Gasteiger partial charge < -0.3 is 15.3 Å². The number of aliphatic hydroxyl groups excluding tert-OH is 1. The van der Waals surface area contributed by atoms with E-state index < -0.39 is 0 Å². The monoisotopic (exact) mass is 336 g/mol. The Kier molecular flexibility index (Phi) is 5.44. The minimum Gasteiger partial charge on any atom is -0.393 e. The minimum atomic E-state index is -0.208. The summed E-state index contributed by atoms with van der Waals surface area (Å²) >= 11 is 6.06. The molecule has 0 spiro atoms. The first-order valence-electron chi connectivity index (χ1n) is 8.58. The van der Waals surface area contributed by atoms with Crippen LogP contribution in [0, 0.1) is 11.8 Å². The first-order valence-corrected chi connectivity index (χ1v) is 8.96. The van der Waals surface area contributed by atoms with Gasteiger partial charge in [-0.15, -0.1) is 0 Å². The molecule has 0 aromatic heterocycles. The Hall–Kier alpha value is -1.26. The molecule has 1 amide bonds. The fourth-order valence-electron chi connectivity index (χ4n) is 3.63. The molecule has 4 nitrogen and oxygen atoms in total. The molecule has 2 fully saturated rings. The van der Waals surface area contributed by atoms with E-state index in [0.717, 1.165) is 62.4 Å². The highest BCUT2D eigenvalue weighted by atomic mass is 35.5. The summed E-state index contributed by atoms with van der Waals surface area (Å²) in [6, 6.07) is 7.94. The maximum Gasteiger partial charge on any atom is 0.223 e. The molecule has 5 heteroatoms. The topological polar surface area (TPSA) is 52.6 Å². The van der Waals surface area contributed by atoms with Gasteiger partial charge in [0.2, 0.25) is 5.91 Å². The lowest BCUT2D eigenvalue weighted by atomic mass is 9.87. The number of hydrogen-bond acceptors (Lipinski definition) is 3. The fraction of sp³-hybridized carbons (Fsp3) is 0.611. The maximum absolute atomic E-state index is 12.2. The Bertz CT molecular complexity index is 544. The Morgan fingerprint density at radius 1 is 1.26 bits per heavy atom. The van der Waals surface area contributed by atoms with Crippen molar-refractivity contribution in [3.05, 3.63) is 29.3 Å². The molecule has 23 heavy (non-hydrogen) atoms. The number of nitrogens with one attached hydrogen (secondary N) is 1. The maximum atomic E-state index is 12.2. The quantitative estimate of drug-likeness (QED) is 0.889. The molecule has 1 aromatic carbocycles. The molecule has 1 heterocycles. The van der Waals surface area contributed by atoms with Crippen LogP contribution in [-0.4, -0.2) is 36.8 Å². The standard InChI is InChI=1S/C18H25ClN2O2/c19-15-2-1-3-16(10-15)21-9-8-13(12-21)11-20-18(23)14-4-6-17(22)7-5-14/h1-3,10,13-14,17,22H,4-9,11-12H2,(H,20,23)/t13-,14?,17?/m1/s1. The molecular weight excluding hydrogens is 312 g/mol. The molecule has 2 aliphatic rings. The van der Waals surface area contributed by atoms with Crippen LogP contribution >= 0.6 is 11.6 Å². The van der Waals surface area contributed by atoms with E-state index in [0.29, 0.717) is 5.92 Å². The highest BCUT2D eigenvalue weighted by Crippen LogP contribution is 2.27. The van der Waals surface area contributed by atoms with E-state index in [1.807, 2.05) is 18.2 Å². The van der Waals surface area contributed by atoms with Crippen molar-refractivity contribution in [2.24, 2.45) is 11.8 Å². The van der Waals surface area contributed by atoms with Gasteiger partial charge in [0, 0.05) is 36.3 Å². The number of nitrogens with zero attached hydrogens (tertiary/aromatic N) is 1. The largest absolute Gasteiger partial charge is 0.393 e. The summed E-state index contributed by atoms with van der Waals surface area (Å²) in [6.07, 6.45) is 4.02. The van der Waals surface area contributed by atoms with Gasteiger partial charge in [-0.1, -0.05) is 17.7 Å². The number of rotatable bonds is 4. The normalized spacial score (nSPS) is 27.9. The van der Waals surface area contributed by atoms with Gasteiger partial charge in [0.15, 0.2) is 0 Å². The number of aliphatic hydroxyl groups is 1. The first-order chi connectivity index (χ1) is 11.1. The highest BCUT2D eigenvalue weighted by molar-refractivity contribution is 6.30. The lowest BCUT2D eigenvalue weighted by molar-refractivity contribution is -0.126. The lowest BCUT2D eigenvalue weighted by Crippen LogP contribution is -2.37. The van der Waals surface area contributed by atoms with Crippen LogP contribution < -0.4 is 10.2 Å². The molecule has 126 valence electrons. The summed E-state index contributed by atoms with van der Waals surface area (Å²) < 4.78 is 0. The highest BCUT2D eigenvalue weighted by Gasteiger charge is 2.27. The van der Waals surface area contributed by atoms with E-state index in [2.05, 4.69) is 16.3 Å². The predicted molar refractivity (Wildman–Crippen MR) is 92.7 cm³/mol. The molecule has 2 N–H and O–H groups in total. The van der Waals surface area contributed by atoms with Crippen LogP contribution in [0.2, 0.25) is 5.02 Å². The number of anilines is 1. The van der Waals surface area contributed by atoms with Gasteiger partial charge in [0.05, 0.1) is 6.10 Å². The molecule has 1 atom stereocenters. The summed E-state index contributed by atoms with van der Waals surface area (Å²) in [5.41, 5.74) is 1.16. The fourth-order valence-corrected chi connectivity index (χ4v) is 3.82. The van der Waals surface area contributed by atoms with Gasteiger partial charge >= 0.3 is 0 Å². The summed E-state index contributed by atoms with van der Waals surface area (Å²) in [5.74, 6) is 0.744. The summed E-state index contributed by atoms with van der Waals surface area (Å²) in [5, 5.41) is 13.4. The zero-order valence-electron chi connectivity index (χ0n) is 13.4. The van der Waals surface area contributed by atoms with E-state index in [9.17, 15) is 9.90 Å². The second kappa shape index (κ2) is 7.54. The van der Waals surface area contributed by atoms with Crippen molar-refractivity contribution in [1.29, 1.82) is 0 Å². The van der Waals surface area contributed by atoms with Crippen LogP contribution in [0.15, 0.2) is 24.3 Å². The van der Waals surface area contributed by atoms with E-state index >= 15 is 0 Å². The Labute approximate surface area is 142 Å². The number of amides is 1. The molecular formula is C18H25ClN2O2. The molecule has 1 saturated heterocycles. The van der Waals surface area contributed by atoms with Gasteiger partial charge in [0.25, 0.3) is 0 Å². The third-order valence-corrected chi connectivity index (χ3v) is 5.33. The number of hydrogen-bond donors (Lipinski definition) is 2. The molecule has 1 saturated carbocycles. The van der Waals surface area contributed by atoms with E-state index in [1.165, 1.54) is 0 Å². The van der Waals surface area contributed by atoms with Gasteiger partial charge in [0.1, 0.15) is 0 Å². The third kappa shape index (κ3) is 4.39. The number of halogens is 1. The van der Waals surface area contributed by atoms with Crippen LogP contribution in [0.5, 0.6) is 0 Å². The summed E-state index contributed by atoms with van der Waals surface area (Å²) in [7, 11) is 0. The Morgan fingerprint density at radius 2 is 2.04 bits per heavy atom. The zero-order chi connectivity index (χ0) is 16.2. The number of carbonyl (C=O) groups excluding carboxylic acids is 1. The molecule has 0 radical (unpaired) electrons. The molecule has 1 aromatic rings. The van der Waals surface area contributed by atoms with E-state index in [4.69, 9.17) is 11.6 Å². The van der Waals surface area contributed by atoms with Crippen LogP contribution in [0.3, 0.4) is 0 Å². The molecule has 0 unspecified atom stereocenters. The van der Waals surface area contributed by atoms with Crippen LogP contribution in [-0.2, 0) is 4.79 Å². The van der Waals surface area contributed by atoms with Crippen molar-refractivity contribution < 1.29 is 9.90 Å². The summed E-state index contributed by atoms with van der Waals surface area (Å²) in [6.45, 7) is 2.72. The molecule has 1 aliphatic carbocycles. The minimum absolute atomic E-state index is 0.0869. The van der Waals surface area contributed by atoms with E-state index in [1.54, 1.807) is 0 Å².